The number of likely N-dealkylation sites (N-methyl/N-ethyl adjacent to an activating group) is 1. The van der Waals surface area contributed by atoms with E-state index in [0.717, 1.165) is 18.7 Å². The first kappa shape index (κ1) is 13.6. The number of hydrogen-bond donors (Lipinski definition) is 0. The van der Waals surface area contributed by atoms with Gasteiger partial charge in [-0.15, -0.1) is 0 Å². The third-order valence-electron chi connectivity index (χ3n) is 3.72. The highest BCUT2D eigenvalue weighted by atomic mass is 16.3. The van der Waals surface area contributed by atoms with E-state index in [1.165, 1.54) is 0 Å². The number of hydrogen-bond acceptors (Lipinski definition) is 4. The summed E-state index contributed by atoms with van der Waals surface area (Å²) in [6.45, 7) is 3.35. The number of carbonyl (C=O) groups is 1. The van der Waals surface area contributed by atoms with Crippen molar-refractivity contribution in [3.63, 3.8) is 0 Å². The van der Waals surface area contributed by atoms with Gasteiger partial charge in [-0.25, -0.2) is 0 Å². The first-order valence-electron chi connectivity index (χ1n) is 6.53. The standard InChI is InChI=1S/C14H19N3O2/c1-11-6-8-16(2)13(5-7-15)14(18)17(11)10-12-4-3-9-19-12/h3-4,9,11,13H,5-6,8,10H2,1-2H3. The second-order valence-corrected chi connectivity index (χ2v) is 5.04. The Labute approximate surface area is 113 Å². The summed E-state index contributed by atoms with van der Waals surface area (Å²) in [7, 11) is 1.91. The maximum absolute atomic E-state index is 12.6. The molecule has 2 unspecified atom stereocenters. The summed E-state index contributed by atoms with van der Waals surface area (Å²) < 4.78 is 5.32. The Balaban J connectivity index is 2.19. The molecule has 1 saturated heterocycles. The average Bonchev–Trinajstić information content (AvgIpc) is 2.88. The Bertz CT molecular complexity index is 464. The maximum Gasteiger partial charge on any atom is 0.241 e. The lowest BCUT2D eigenvalue weighted by Gasteiger charge is -2.29. The Kier molecular flexibility index (Phi) is 4.23. The van der Waals surface area contributed by atoms with Crippen LogP contribution in [0.5, 0.6) is 0 Å². The van der Waals surface area contributed by atoms with Crippen molar-refractivity contribution in [1.82, 2.24) is 9.80 Å². The van der Waals surface area contributed by atoms with Gasteiger partial charge in [-0.1, -0.05) is 0 Å². The Hall–Kier alpha value is -1.80. The van der Waals surface area contributed by atoms with Crippen LogP contribution in [0.15, 0.2) is 22.8 Å². The zero-order chi connectivity index (χ0) is 13.8. The Morgan fingerprint density at radius 1 is 1.58 bits per heavy atom. The van der Waals surface area contributed by atoms with Crippen LogP contribution < -0.4 is 0 Å². The summed E-state index contributed by atoms with van der Waals surface area (Å²) in [5.74, 6) is 0.797. The van der Waals surface area contributed by atoms with Crippen molar-refractivity contribution < 1.29 is 9.21 Å². The van der Waals surface area contributed by atoms with Crippen LogP contribution in [0.3, 0.4) is 0 Å². The third kappa shape index (κ3) is 2.96. The van der Waals surface area contributed by atoms with Gasteiger partial charge in [-0.3, -0.25) is 9.69 Å². The van der Waals surface area contributed by atoms with E-state index >= 15 is 0 Å². The molecule has 0 aromatic carbocycles. The molecule has 1 aromatic heterocycles. The Morgan fingerprint density at radius 2 is 2.37 bits per heavy atom. The first-order chi connectivity index (χ1) is 9.13. The van der Waals surface area contributed by atoms with E-state index in [1.54, 1.807) is 6.26 Å². The zero-order valence-electron chi connectivity index (χ0n) is 11.4. The van der Waals surface area contributed by atoms with Crippen molar-refractivity contribution in [2.24, 2.45) is 0 Å². The largest absolute Gasteiger partial charge is 0.467 e. The third-order valence-corrected chi connectivity index (χ3v) is 3.72. The molecule has 2 heterocycles. The van der Waals surface area contributed by atoms with E-state index < -0.39 is 0 Å². The molecule has 0 N–H and O–H groups in total. The summed E-state index contributed by atoms with van der Waals surface area (Å²) in [6, 6.07) is 5.61. The highest BCUT2D eigenvalue weighted by Crippen LogP contribution is 2.20. The molecule has 0 radical (unpaired) electrons. The number of carbonyl (C=O) groups excluding carboxylic acids is 1. The van der Waals surface area contributed by atoms with Gasteiger partial charge in [0.05, 0.1) is 25.3 Å². The van der Waals surface area contributed by atoms with Gasteiger partial charge in [0.15, 0.2) is 0 Å². The van der Waals surface area contributed by atoms with Crippen molar-refractivity contribution >= 4 is 5.91 Å². The fourth-order valence-corrected chi connectivity index (χ4v) is 2.43. The second-order valence-electron chi connectivity index (χ2n) is 5.04. The van der Waals surface area contributed by atoms with Crippen molar-refractivity contribution in [2.75, 3.05) is 13.6 Å². The van der Waals surface area contributed by atoms with E-state index in [4.69, 9.17) is 9.68 Å². The quantitative estimate of drug-likeness (QED) is 0.829. The van der Waals surface area contributed by atoms with Gasteiger partial charge in [0.25, 0.3) is 0 Å². The minimum Gasteiger partial charge on any atom is -0.467 e. The van der Waals surface area contributed by atoms with Crippen molar-refractivity contribution in [3.8, 4) is 6.07 Å². The first-order valence-corrected chi connectivity index (χ1v) is 6.53. The molecule has 1 aliphatic heterocycles. The van der Waals surface area contributed by atoms with Crippen LogP contribution in [0.1, 0.15) is 25.5 Å². The van der Waals surface area contributed by atoms with Gasteiger partial charge in [0.1, 0.15) is 11.8 Å². The molecular formula is C14H19N3O2. The number of nitrogens with zero attached hydrogens (tertiary/aromatic N) is 3. The summed E-state index contributed by atoms with van der Waals surface area (Å²) in [5, 5.41) is 8.89. The molecule has 1 fully saturated rings. The van der Waals surface area contributed by atoms with E-state index in [1.807, 2.05) is 35.9 Å². The Morgan fingerprint density at radius 3 is 3.00 bits per heavy atom. The molecular weight excluding hydrogens is 242 g/mol. The van der Waals surface area contributed by atoms with Crippen LogP contribution in [-0.4, -0.2) is 41.4 Å². The van der Waals surface area contributed by atoms with Crippen molar-refractivity contribution in [2.45, 2.75) is 38.4 Å². The summed E-state index contributed by atoms with van der Waals surface area (Å²) in [4.78, 5) is 16.4. The monoisotopic (exact) mass is 261 g/mol. The van der Waals surface area contributed by atoms with E-state index in [9.17, 15) is 4.79 Å². The summed E-state index contributed by atoms with van der Waals surface area (Å²) in [6.07, 6.45) is 2.75. The summed E-state index contributed by atoms with van der Waals surface area (Å²) >= 11 is 0. The fourth-order valence-electron chi connectivity index (χ4n) is 2.43. The molecule has 102 valence electrons. The molecule has 2 atom stereocenters. The number of rotatable bonds is 3. The van der Waals surface area contributed by atoms with Gasteiger partial charge in [0, 0.05) is 12.6 Å². The number of nitriles is 1. The molecule has 0 bridgehead atoms. The van der Waals surface area contributed by atoms with Crippen LogP contribution in [-0.2, 0) is 11.3 Å². The molecule has 0 saturated carbocycles. The molecule has 0 aliphatic carbocycles. The number of furan rings is 1. The minimum atomic E-state index is -0.343. The maximum atomic E-state index is 12.6. The van der Waals surface area contributed by atoms with Gasteiger partial charge >= 0.3 is 0 Å². The van der Waals surface area contributed by atoms with Gasteiger partial charge in [0.2, 0.25) is 5.91 Å². The highest BCUT2D eigenvalue weighted by molar-refractivity contribution is 5.82. The van der Waals surface area contributed by atoms with Gasteiger partial charge < -0.3 is 9.32 Å². The van der Waals surface area contributed by atoms with E-state index in [2.05, 4.69) is 6.07 Å². The average molecular weight is 261 g/mol. The molecule has 1 aliphatic rings. The molecule has 5 nitrogen and oxygen atoms in total. The van der Waals surface area contributed by atoms with E-state index in [-0.39, 0.29) is 24.4 Å². The van der Waals surface area contributed by atoms with Crippen molar-refractivity contribution in [1.29, 1.82) is 5.26 Å². The smallest absolute Gasteiger partial charge is 0.241 e. The lowest BCUT2D eigenvalue weighted by molar-refractivity contribution is -0.137. The van der Waals surface area contributed by atoms with Gasteiger partial charge in [-0.2, -0.15) is 5.26 Å². The highest BCUT2D eigenvalue weighted by Gasteiger charge is 2.34. The predicted octanol–water partition coefficient (Wildman–Crippen LogP) is 1.61. The normalized spacial score (nSPS) is 25.1. The van der Waals surface area contributed by atoms with Gasteiger partial charge in [-0.05, 0) is 32.5 Å². The lowest BCUT2D eigenvalue weighted by atomic mass is 10.1. The minimum absolute atomic E-state index is 0.0189. The fraction of sp³-hybridized carbons (Fsp3) is 0.571. The molecule has 1 aromatic rings. The zero-order valence-corrected chi connectivity index (χ0v) is 11.4. The van der Waals surface area contributed by atoms with E-state index in [0.29, 0.717) is 6.54 Å². The van der Waals surface area contributed by atoms with Crippen molar-refractivity contribution in [3.05, 3.63) is 24.2 Å². The number of amides is 1. The predicted molar refractivity (Wildman–Crippen MR) is 70.0 cm³/mol. The van der Waals surface area contributed by atoms with Crippen LogP contribution in [0, 0.1) is 11.3 Å². The molecule has 5 heteroatoms. The summed E-state index contributed by atoms with van der Waals surface area (Å²) in [5.41, 5.74) is 0. The molecule has 19 heavy (non-hydrogen) atoms. The topological polar surface area (TPSA) is 60.5 Å². The lowest BCUT2D eigenvalue weighted by Crippen LogP contribution is -2.45. The molecule has 2 rings (SSSR count). The van der Waals surface area contributed by atoms with Crippen LogP contribution in [0.4, 0.5) is 0 Å². The van der Waals surface area contributed by atoms with Crippen LogP contribution in [0.2, 0.25) is 0 Å². The second kappa shape index (κ2) is 5.89. The molecule has 0 spiro atoms. The molecule has 1 amide bonds. The van der Waals surface area contributed by atoms with Crippen LogP contribution >= 0.6 is 0 Å². The SMILES string of the molecule is CC1CCN(C)C(CC#N)C(=O)N1Cc1ccco1. The van der Waals surface area contributed by atoms with Crippen LogP contribution in [0.25, 0.3) is 0 Å².